The van der Waals surface area contributed by atoms with Crippen LogP contribution in [0.3, 0.4) is 0 Å². The van der Waals surface area contributed by atoms with Crippen molar-refractivity contribution >= 4 is 32.6 Å². The summed E-state index contributed by atoms with van der Waals surface area (Å²) in [7, 11) is 1.83. The summed E-state index contributed by atoms with van der Waals surface area (Å²) in [6.07, 6.45) is 3.42. The van der Waals surface area contributed by atoms with Gasteiger partial charge in [-0.3, -0.25) is 9.69 Å². The van der Waals surface area contributed by atoms with Crippen molar-refractivity contribution in [2.24, 2.45) is 7.05 Å². The zero-order valence-corrected chi connectivity index (χ0v) is 16.3. The molecule has 0 aliphatic carbocycles. The number of amides is 1. The predicted octanol–water partition coefficient (Wildman–Crippen LogP) is 4.49. The molecule has 2 aromatic heterocycles. The standard InChI is InChI=1S/C21H20N4OS/c1-14-11-15(2)18-17(12-14)27-21(23-18)25(13-16-7-5-4-6-8-16)20(26)19-22-9-10-24(19)3/h4-12H,13H2,1-3H3. The van der Waals surface area contributed by atoms with Gasteiger partial charge in [0.15, 0.2) is 11.0 Å². The first-order chi connectivity index (χ1) is 13.0. The molecule has 27 heavy (non-hydrogen) atoms. The van der Waals surface area contributed by atoms with E-state index in [0.29, 0.717) is 17.5 Å². The Morgan fingerprint density at radius 2 is 1.96 bits per heavy atom. The predicted molar refractivity (Wildman–Crippen MR) is 109 cm³/mol. The molecule has 0 saturated carbocycles. The second kappa shape index (κ2) is 6.96. The van der Waals surface area contributed by atoms with Gasteiger partial charge in [0.05, 0.1) is 16.8 Å². The molecule has 0 unspecified atom stereocenters. The number of thiazole rings is 1. The minimum absolute atomic E-state index is 0.153. The molecule has 0 aliphatic rings. The average Bonchev–Trinajstić information content (AvgIpc) is 3.26. The third-order valence-electron chi connectivity index (χ3n) is 4.49. The highest BCUT2D eigenvalue weighted by atomic mass is 32.1. The van der Waals surface area contributed by atoms with Crippen molar-refractivity contribution in [3.63, 3.8) is 0 Å². The summed E-state index contributed by atoms with van der Waals surface area (Å²) in [5, 5.41) is 0.690. The molecular formula is C21H20N4OS. The first kappa shape index (κ1) is 17.4. The van der Waals surface area contributed by atoms with Gasteiger partial charge in [0, 0.05) is 19.4 Å². The van der Waals surface area contributed by atoms with Crippen molar-refractivity contribution in [1.82, 2.24) is 14.5 Å². The molecule has 0 N–H and O–H groups in total. The fraction of sp³-hybridized carbons (Fsp3) is 0.190. The second-order valence-electron chi connectivity index (χ2n) is 6.66. The quantitative estimate of drug-likeness (QED) is 0.527. The number of hydrogen-bond donors (Lipinski definition) is 0. The molecular weight excluding hydrogens is 356 g/mol. The number of aromatic nitrogens is 3. The summed E-state index contributed by atoms with van der Waals surface area (Å²) in [6.45, 7) is 4.58. The van der Waals surface area contributed by atoms with E-state index in [1.54, 1.807) is 33.2 Å². The van der Waals surface area contributed by atoms with Crippen LogP contribution in [0.25, 0.3) is 10.2 Å². The van der Waals surface area contributed by atoms with E-state index in [1.807, 2.05) is 37.4 Å². The van der Waals surface area contributed by atoms with E-state index in [-0.39, 0.29) is 5.91 Å². The normalized spacial score (nSPS) is 11.1. The van der Waals surface area contributed by atoms with Gasteiger partial charge >= 0.3 is 0 Å². The summed E-state index contributed by atoms with van der Waals surface area (Å²) in [6, 6.07) is 14.2. The number of benzene rings is 2. The van der Waals surface area contributed by atoms with Crippen LogP contribution in [0.1, 0.15) is 27.3 Å². The average molecular weight is 376 g/mol. The van der Waals surface area contributed by atoms with Crippen LogP contribution in [0.4, 0.5) is 5.13 Å². The molecule has 1 amide bonds. The van der Waals surface area contributed by atoms with Gasteiger partial charge in [-0.2, -0.15) is 0 Å². The van der Waals surface area contributed by atoms with Crippen molar-refractivity contribution in [3.8, 4) is 0 Å². The van der Waals surface area contributed by atoms with Gasteiger partial charge in [-0.15, -0.1) is 0 Å². The van der Waals surface area contributed by atoms with E-state index in [1.165, 1.54) is 5.56 Å². The summed E-state index contributed by atoms with van der Waals surface area (Å²) < 4.78 is 2.83. The van der Waals surface area contributed by atoms with Crippen LogP contribution in [0.5, 0.6) is 0 Å². The molecule has 0 aliphatic heterocycles. The Morgan fingerprint density at radius 1 is 1.19 bits per heavy atom. The third-order valence-corrected chi connectivity index (χ3v) is 5.52. The van der Waals surface area contributed by atoms with Crippen LogP contribution >= 0.6 is 11.3 Å². The topological polar surface area (TPSA) is 51.0 Å². The smallest absolute Gasteiger partial charge is 0.296 e. The number of aryl methyl sites for hydroxylation is 3. The largest absolute Gasteiger partial charge is 0.330 e. The van der Waals surface area contributed by atoms with Crippen molar-refractivity contribution in [2.75, 3.05) is 4.90 Å². The number of nitrogens with zero attached hydrogens (tertiary/aromatic N) is 4. The van der Waals surface area contributed by atoms with E-state index in [0.717, 1.165) is 21.3 Å². The molecule has 2 heterocycles. The number of rotatable bonds is 4. The summed E-state index contributed by atoms with van der Waals surface area (Å²) in [4.78, 5) is 24.0. The molecule has 2 aromatic carbocycles. The Balaban J connectivity index is 1.81. The Kier molecular flexibility index (Phi) is 4.49. The van der Waals surface area contributed by atoms with Gasteiger partial charge in [-0.05, 0) is 36.6 Å². The molecule has 6 heteroatoms. The fourth-order valence-electron chi connectivity index (χ4n) is 3.16. The van der Waals surface area contributed by atoms with Gasteiger partial charge in [0.1, 0.15) is 0 Å². The summed E-state index contributed by atoms with van der Waals surface area (Å²) in [5.41, 5.74) is 4.32. The Morgan fingerprint density at radius 3 is 2.67 bits per heavy atom. The lowest BCUT2D eigenvalue weighted by Gasteiger charge is -2.19. The van der Waals surface area contributed by atoms with Crippen molar-refractivity contribution in [2.45, 2.75) is 20.4 Å². The van der Waals surface area contributed by atoms with E-state index >= 15 is 0 Å². The maximum Gasteiger partial charge on any atom is 0.296 e. The first-order valence-corrected chi connectivity index (χ1v) is 9.55. The zero-order chi connectivity index (χ0) is 19.0. The maximum atomic E-state index is 13.3. The van der Waals surface area contributed by atoms with Gasteiger partial charge in [-0.1, -0.05) is 47.7 Å². The van der Waals surface area contributed by atoms with Gasteiger partial charge < -0.3 is 4.57 Å². The van der Waals surface area contributed by atoms with Gasteiger partial charge in [0.25, 0.3) is 5.91 Å². The van der Waals surface area contributed by atoms with E-state index in [9.17, 15) is 4.79 Å². The monoisotopic (exact) mass is 376 g/mol. The number of carbonyl (C=O) groups is 1. The van der Waals surface area contributed by atoms with Crippen LogP contribution in [-0.2, 0) is 13.6 Å². The van der Waals surface area contributed by atoms with Gasteiger partial charge in [-0.25, -0.2) is 9.97 Å². The van der Waals surface area contributed by atoms with Crippen LogP contribution < -0.4 is 4.90 Å². The third kappa shape index (κ3) is 3.36. The fourth-order valence-corrected chi connectivity index (χ4v) is 4.30. The molecule has 0 atom stereocenters. The number of carbonyl (C=O) groups excluding carboxylic acids is 1. The van der Waals surface area contributed by atoms with E-state index in [2.05, 4.69) is 31.0 Å². The van der Waals surface area contributed by atoms with Crippen LogP contribution in [0.2, 0.25) is 0 Å². The Hall–Kier alpha value is -2.99. The van der Waals surface area contributed by atoms with Crippen LogP contribution in [0.15, 0.2) is 54.9 Å². The van der Waals surface area contributed by atoms with Crippen LogP contribution in [0, 0.1) is 13.8 Å². The summed E-state index contributed by atoms with van der Waals surface area (Å²) >= 11 is 1.54. The molecule has 5 nitrogen and oxygen atoms in total. The van der Waals surface area contributed by atoms with Gasteiger partial charge in [0.2, 0.25) is 0 Å². The molecule has 0 bridgehead atoms. The summed E-state index contributed by atoms with van der Waals surface area (Å²) in [5.74, 6) is 0.248. The highest BCUT2D eigenvalue weighted by molar-refractivity contribution is 7.22. The molecule has 0 saturated heterocycles. The highest BCUT2D eigenvalue weighted by Gasteiger charge is 2.25. The maximum absolute atomic E-state index is 13.3. The Bertz CT molecular complexity index is 1110. The number of hydrogen-bond acceptors (Lipinski definition) is 4. The lowest BCUT2D eigenvalue weighted by atomic mass is 10.1. The van der Waals surface area contributed by atoms with E-state index in [4.69, 9.17) is 4.98 Å². The minimum Gasteiger partial charge on any atom is -0.330 e. The van der Waals surface area contributed by atoms with Crippen LogP contribution in [-0.4, -0.2) is 20.4 Å². The molecule has 0 fully saturated rings. The SMILES string of the molecule is Cc1cc(C)c2nc(N(Cc3ccccc3)C(=O)c3nccn3C)sc2c1. The van der Waals surface area contributed by atoms with Crippen molar-refractivity contribution in [3.05, 3.63) is 77.4 Å². The lowest BCUT2D eigenvalue weighted by molar-refractivity contribution is 0.0972. The van der Waals surface area contributed by atoms with Crippen molar-refractivity contribution < 1.29 is 4.79 Å². The molecule has 4 rings (SSSR count). The molecule has 0 spiro atoms. The Labute approximate surface area is 161 Å². The zero-order valence-electron chi connectivity index (χ0n) is 15.5. The molecule has 0 radical (unpaired) electrons. The minimum atomic E-state index is -0.153. The van der Waals surface area contributed by atoms with Crippen molar-refractivity contribution in [1.29, 1.82) is 0 Å². The number of anilines is 1. The highest BCUT2D eigenvalue weighted by Crippen LogP contribution is 2.33. The lowest BCUT2D eigenvalue weighted by Crippen LogP contribution is -2.32. The van der Waals surface area contributed by atoms with E-state index < -0.39 is 0 Å². The number of fused-ring (bicyclic) bond motifs is 1. The second-order valence-corrected chi connectivity index (χ2v) is 7.67. The first-order valence-electron chi connectivity index (χ1n) is 8.74. The molecule has 136 valence electrons. The number of imidazole rings is 1. The molecule has 4 aromatic rings.